The zero-order valence-corrected chi connectivity index (χ0v) is 9.71. The highest BCUT2D eigenvalue weighted by Gasteiger charge is 2.23. The smallest absolute Gasteiger partial charge is 0.251 e. The maximum Gasteiger partial charge on any atom is 0.251 e. The number of nitrogens with zero attached hydrogens (tertiary/aromatic N) is 1. The minimum atomic E-state index is -0.949. The Hall–Kier alpha value is -1.39. The van der Waals surface area contributed by atoms with Crippen molar-refractivity contribution in [1.82, 2.24) is 4.90 Å². The zero-order valence-electron chi connectivity index (χ0n) is 9.71. The lowest BCUT2D eigenvalue weighted by Crippen LogP contribution is -2.46. The Morgan fingerprint density at radius 3 is 2.59 bits per heavy atom. The fraction of sp³-hybridized carbons (Fsp3) is 0.462. The minimum Gasteiger partial charge on any atom is -0.383 e. The van der Waals surface area contributed by atoms with Crippen molar-refractivity contribution in [3.8, 4) is 0 Å². The van der Waals surface area contributed by atoms with Crippen molar-refractivity contribution in [1.29, 1.82) is 0 Å². The lowest BCUT2D eigenvalue weighted by Gasteiger charge is -2.28. The largest absolute Gasteiger partial charge is 0.383 e. The van der Waals surface area contributed by atoms with Gasteiger partial charge in [0.15, 0.2) is 0 Å². The molecule has 0 bridgehead atoms. The molecule has 92 valence electrons. The molecule has 1 amide bonds. The SMILES string of the molecule is O=C([C@H](O)Cc1ccccc1)N1CCOCC1. The Kier molecular flexibility index (Phi) is 4.12. The van der Waals surface area contributed by atoms with Crippen LogP contribution in [-0.2, 0) is 16.0 Å². The minimum absolute atomic E-state index is 0.197. The van der Waals surface area contributed by atoms with Gasteiger partial charge in [0.05, 0.1) is 13.2 Å². The van der Waals surface area contributed by atoms with Gasteiger partial charge in [-0.1, -0.05) is 30.3 Å². The molecule has 17 heavy (non-hydrogen) atoms. The van der Waals surface area contributed by atoms with Gasteiger partial charge in [0, 0.05) is 19.5 Å². The molecule has 1 aliphatic heterocycles. The van der Waals surface area contributed by atoms with Crippen molar-refractivity contribution < 1.29 is 14.6 Å². The van der Waals surface area contributed by atoms with Gasteiger partial charge in [0.2, 0.25) is 0 Å². The van der Waals surface area contributed by atoms with E-state index in [-0.39, 0.29) is 5.91 Å². The molecule has 1 saturated heterocycles. The molecule has 1 aliphatic rings. The van der Waals surface area contributed by atoms with Crippen LogP contribution in [0.15, 0.2) is 30.3 Å². The van der Waals surface area contributed by atoms with Crippen LogP contribution in [-0.4, -0.2) is 48.3 Å². The number of aliphatic hydroxyl groups excluding tert-OH is 1. The Balaban J connectivity index is 1.90. The molecule has 2 rings (SSSR count). The van der Waals surface area contributed by atoms with E-state index in [0.717, 1.165) is 5.56 Å². The van der Waals surface area contributed by atoms with Gasteiger partial charge in [0.25, 0.3) is 5.91 Å². The highest BCUT2D eigenvalue weighted by atomic mass is 16.5. The van der Waals surface area contributed by atoms with E-state index >= 15 is 0 Å². The summed E-state index contributed by atoms with van der Waals surface area (Å²) in [4.78, 5) is 13.6. The first-order valence-electron chi connectivity index (χ1n) is 5.86. The van der Waals surface area contributed by atoms with E-state index < -0.39 is 6.10 Å². The summed E-state index contributed by atoms with van der Waals surface area (Å²) >= 11 is 0. The van der Waals surface area contributed by atoms with Crippen LogP contribution in [0.5, 0.6) is 0 Å². The zero-order chi connectivity index (χ0) is 12.1. The van der Waals surface area contributed by atoms with E-state index in [4.69, 9.17) is 4.74 Å². The molecular formula is C13H17NO3. The fourth-order valence-corrected chi connectivity index (χ4v) is 1.92. The van der Waals surface area contributed by atoms with Crippen molar-refractivity contribution in [3.05, 3.63) is 35.9 Å². The molecule has 1 heterocycles. The number of carbonyl (C=O) groups excluding carboxylic acids is 1. The van der Waals surface area contributed by atoms with Crippen LogP contribution in [0.25, 0.3) is 0 Å². The van der Waals surface area contributed by atoms with Gasteiger partial charge in [-0.05, 0) is 5.56 Å². The average molecular weight is 235 g/mol. The molecule has 4 heteroatoms. The lowest BCUT2D eigenvalue weighted by molar-refractivity contribution is -0.144. The van der Waals surface area contributed by atoms with Crippen molar-refractivity contribution >= 4 is 5.91 Å². The van der Waals surface area contributed by atoms with Gasteiger partial charge >= 0.3 is 0 Å². The van der Waals surface area contributed by atoms with E-state index in [2.05, 4.69) is 0 Å². The van der Waals surface area contributed by atoms with Gasteiger partial charge in [-0.2, -0.15) is 0 Å². The fourth-order valence-electron chi connectivity index (χ4n) is 1.92. The van der Waals surface area contributed by atoms with Crippen molar-refractivity contribution in [3.63, 3.8) is 0 Å². The highest BCUT2D eigenvalue weighted by molar-refractivity contribution is 5.81. The number of ether oxygens (including phenoxy) is 1. The molecule has 0 spiro atoms. The molecule has 0 aromatic heterocycles. The summed E-state index contributed by atoms with van der Waals surface area (Å²) in [6, 6.07) is 9.55. The molecule has 0 unspecified atom stereocenters. The Labute approximate surface area is 101 Å². The summed E-state index contributed by atoms with van der Waals surface area (Å²) in [6.07, 6.45) is -0.577. The molecule has 1 N–H and O–H groups in total. The molecule has 1 aromatic carbocycles. The second-order valence-corrected chi connectivity index (χ2v) is 4.14. The second kappa shape index (κ2) is 5.80. The van der Waals surface area contributed by atoms with Crippen LogP contribution >= 0.6 is 0 Å². The number of rotatable bonds is 3. The predicted molar refractivity (Wildman–Crippen MR) is 63.6 cm³/mol. The van der Waals surface area contributed by atoms with Crippen LogP contribution in [0.4, 0.5) is 0 Å². The topological polar surface area (TPSA) is 49.8 Å². The monoisotopic (exact) mass is 235 g/mol. The van der Waals surface area contributed by atoms with Crippen molar-refractivity contribution in [2.45, 2.75) is 12.5 Å². The van der Waals surface area contributed by atoms with Crippen LogP contribution in [0.1, 0.15) is 5.56 Å². The van der Waals surface area contributed by atoms with Crippen LogP contribution in [0.2, 0.25) is 0 Å². The van der Waals surface area contributed by atoms with Crippen LogP contribution in [0, 0.1) is 0 Å². The van der Waals surface area contributed by atoms with E-state index in [1.165, 1.54) is 0 Å². The molecule has 0 radical (unpaired) electrons. The number of carbonyl (C=O) groups is 1. The summed E-state index contributed by atoms with van der Waals surface area (Å²) in [5.74, 6) is -0.197. The first-order valence-corrected chi connectivity index (χ1v) is 5.86. The van der Waals surface area contributed by atoms with Crippen LogP contribution in [0.3, 0.4) is 0 Å². The maximum atomic E-state index is 11.9. The third kappa shape index (κ3) is 3.28. The Morgan fingerprint density at radius 2 is 1.94 bits per heavy atom. The lowest BCUT2D eigenvalue weighted by atomic mass is 10.1. The standard InChI is InChI=1S/C13H17NO3/c15-12(10-11-4-2-1-3-5-11)13(16)14-6-8-17-9-7-14/h1-5,12,15H,6-10H2/t12-/m1/s1. The number of hydrogen-bond acceptors (Lipinski definition) is 3. The Bertz CT molecular complexity index is 360. The Morgan fingerprint density at radius 1 is 1.29 bits per heavy atom. The van der Waals surface area contributed by atoms with E-state index in [1.807, 2.05) is 30.3 Å². The molecule has 4 nitrogen and oxygen atoms in total. The predicted octanol–water partition coefficient (Wildman–Crippen LogP) is 0.449. The third-order valence-corrected chi connectivity index (χ3v) is 2.88. The normalized spacial score (nSPS) is 17.8. The third-order valence-electron chi connectivity index (χ3n) is 2.88. The number of morpholine rings is 1. The summed E-state index contributed by atoms with van der Waals surface area (Å²) in [6.45, 7) is 2.27. The summed E-state index contributed by atoms with van der Waals surface area (Å²) in [5, 5.41) is 9.89. The van der Waals surface area contributed by atoms with Gasteiger partial charge in [-0.15, -0.1) is 0 Å². The molecule has 1 fully saturated rings. The number of hydrogen-bond donors (Lipinski definition) is 1. The molecule has 1 aromatic rings. The van der Waals surface area contributed by atoms with E-state index in [0.29, 0.717) is 32.7 Å². The average Bonchev–Trinajstić information content (AvgIpc) is 2.40. The van der Waals surface area contributed by atoms with E-state index in [9.17, 15) is 9.90 Å². The molecule has 0 aliphatic carbocycles. The summed E-state index contributed by atoms with van der Waals surface area (Å²) in [5.41, 5.74) is 0.974. The molecule has 1 atom stereocenters. The first kappa shape index (κ1) is 12.1. The number of benzene rings is 1. The molecular weight excluding hydrogens is 218 g/mol. The van der Waals surface area contributed by atoms with Gasteiger partial charge < -0.3 is 14.7 Å². The van der Waals surface area contributed by atoms with Crippen LogP contribution < -0.4 is 0 Å². The summed E-state index contributed by atoms with van der Waals surface area (Å²) in [7, 11) is 0. The number of amides is 1. The first-order chi connectivity index (χ1) is 8.27. The van der Waals surface area contributed by atoms with E-state index in [1.54, 1.807) is 4.90 Å². The van der Waals surface area contributed by atoms with Crippen molar-refractivity contribution in [2.75, 3.05) is 26.3 Å². The maximum absolute atomic E-state index is 11.9. The number of aliphatic hydroxyl groups is 1. The second-order valence-electron chi connectivity index (χ2n) is 4.14. The van der Waals surface area contributed by atoms with Crippen molar-refractivity contribution in [2.24, 2.45) is 0 Å². The molecule has 0 saturated carbocycles. The summed E-state index contributed by atoms with van der Waals surface area (Å²) < 4.78 is 5.17. The highest BCUT2D eigenvalue weighted by Crippen LogP contribution is 2.07. The van der Waals surface area contributed by atoms with Gasteiger partial charge in [0.1, 0.15) is 6.10 Å². The van der Waals surface area contributed by atoms with Gasteiger partial charge in [-0.25, -0.2) is 0 Å². The van der Waals surface area contributed by atoms with Gasteiger partial charge in [-0.3, -0.25) is 4.79 Å². The quantitative estimate of drug-likeness (QED) is 0.827.